The predicted molar refractivity (Wildman–Crippen MR) is 43.9 cm³/mol. The van der Waals surface area contributed by atoms with Crippen molar-refractivity contribution in [2.45, 2.75) is 0 Å². The van der Waals surface area contributed by atoms with Crippen molar-refractivity contribution in [1.82, 2.24) is 9.97 Å². The van der Waals surface area contributed by atoms with Crippen molar-refractivity contribution < 1.29 is 4.39 Å². The lowest BCUT2D eigenvalue weighted by molar-refractivity contribution is 0.630. The van der Waals surface area contributed by atoms with Crippen LogP contribution in [0.2, 0.25) is 5.02 Å². The highest BCUT2D eigenvalue weighted by atomic mass is 35.5. The molecule has 0 saturated heterocycles. The van der Waals surface area contributed by atoms with Crippen LogP contribution in [0.1, 0.15) is 0 Å². The summed E-state index contributed by atoms with van der Waals surface area (Å²) in [6, 6.07) is 2.66. The van der Waals surface area contributed by atoms with Gasteiger partial charge in [-0.05, 0) is 12.1 Å². The van der Waals surface area contributed by atoms with Gasteiger partial charge in [0.15, 0.2) is 0 Å². The van der Waals surface area contributed by atoms with Gasteiger partial charge < -0.3 is 9.97 Å². The number of halogens is 2. The van der Waals surface area contributed by atoms with Crippen LogP contribution in [0, 0.1) is 5.82 Å². The van der Waals surface area contributed by atoms with Crippen molar-refractivity contribution in [1.29, 1.82) is 0 Å². The summed E-state index contributed by atoms with van der Waals surface area (Å²) >= 11 is 5.57. The molecule has 0 fully saturated rings. The minimum Gasteiger partial charge on any atom is -0.306 e. The number of nitrogens with one attached hydrogen (secondary N) is 2. The molecule has 0 aliphatic heterocycles. The molecule has 3 nitrogen and oxygen atoms in total. The number of H-pyrrole nitrogens is 2. The average molecular weight is 187 g/mol. The Bertz CT molecular complexity index is 488. The molecule has 0 aliphatic carbocycles. The van der Waals surface area contributed by atoms with Crippen molar-refractivity contribution in [3.05, 3.63) is 33.5 Å². The van der Waals surface area contributed by atoms with Gasteiger partial charge in [-0.3, -0.25) is 0 Å². The third kappa shape index (κ3) is 0.921. The third-order valence-electron chi connectivity index (χ3n) is 1.58. The van der Waals surface area contributed by atoms with E-state index in [-0.39, 0.29) is 5.02 Å². The normalized spacial score (nSPS) is 10.8. The van der Waals surface area contributed by atoms with Crippen molar-refractivity contribution in [3.63, 3.8) is 0 Å². The van der Waals surface area contributed by atoms with Crippen molar-refractivity contribution in [2.24, 2.45) is 0 Å². The lowest BCUT2D eigenvalue weighted by Gasteiger charge is -1.93. The lowest BCUT2D eigenvalue weighted by atomic mass is 10.3. The fourth-order valence-electron chi connectivity index (χ4n) is 1.04. The Morgan fingerprint density at radius 1 is 1.33 bits per heavy atom. The van der Waals surface area contributed by atoms with E-state index < -0.39 is 11.5 Å². The van der Waals surface area contributed by atoms with Crippen LogP contribution in [0.25, 0.3) is 11.0 Å². The second-order valence-corrected chi connectivity index (χ2v) is 2.74. The second kappa shape index (κ2) is 2.35. The molecule has 0 bridgehead atoms. The summed E-state index contributed by atoms with van der Waals surface area (Å²) in [5.41, 5.74) is 0.422. The van der Waals surface area contributed by atoms with Gasteiger partial charge in [0.2, 0.25) is 0 Å². The summed E-state index contributed by atoms with van der Waals surface area (Å²) in [6.07, 6.45) is 0. The Kier molecular flexibility index (Phi) is 1.44. The number of aromatic nitrogens is 2. The molecule has 2 N–H and O–H groups in total. The minimum absolute atomic E-state index is 0.0640. The van der Waals surface area contributed by atoms with E-state index in [0.29, 0.717) is 11.0 Å². The van der Waals surface area contributed by atoms with Gasteiger partial charge in [0.1, 0.15) is 10.8 Å². The van der Waals surface area contributed by atoms with E-state index in [9.17, 15) is 9.18 Å². The number of hydrogen-bond donors (Lipinski definition) is 2. The molecule has 0 radical (unpaired) electrons. The zero-order valence-corrected chi connectivity index (χ0v) is 6.57. The summed E-state index contributed by atoms with van der Waals surface area (Å²) in [5.74, 6) is -0.542. The second-order valence-electron chi connectivity index (χ2n) is 2.36. The van der Waals surface area contributed by atoms with Gasteiger partial charge in [0.05, 0.1) is 11.0 Å². The van der Waals surface area contributed by atoms with Gasteiger partial charge in [0.25, 0.3) is 0 Å². The van der Waals surface area contributed by atoms with E-state index in [0.717, 1.165) is 0 Å². The molecule has 12 heavy (non-hydrogen) atoms. The average Bonchev–Trinajstić information content (AvgIpc) is 2.39. The molecular weight excluding hydrogens is 183 g/mol. The monoisotopic (exact) mass is 186 g/mol. The van der Waals surface area contributed by atoms with Crippen molar-refractivity contribution in [3.8, 4) is 0 Å². The van der Waals surface area contributed by atoms with Crippen molar-refractivity contribution in [2.75, 3.05) is 0 Å². The largest absolute Gasteiger partial charge is 0.323 e. The first-order valence-electron chi connectivity index (χ1n) is 3.24. The minimum atomic E-state index is -0.542. The molecule has 0 unspecified atom stereocenters. The van der Waals surface area contributed by atoms with Crippen LogP contribution in [-0.4, -0.2) is 9.97 Å². The van der Waals surface area contributed by atoms with Gasteiger partial charge in [-0.1, -0.05) is 11.6 Å². The van der Waals surface area contributed by atoms with E-state index in [2.05, 4.69) is 9.97 Å². The molecule has 2 rings (SSSR count). The first kappa shape index (κ1) is 7.36. The SMILES string of the molecule is O=c1[nH]c2ccc(F)c(Cl)c2[nH]1. The topological polar surface area (TPSA) is 48.6 Å². The van der Waals surface area contributed by atoms with Gasteiger partial charge in [-0.2, -0.15) is 0 Å². The van der Waals surface area contributed by atoms with Gasteiger partial charge in [-0.25, -0.2) is 9.18 Å². The summed E-state index contributed by atoms with van der Waals surface area (Å²) in [6.45, 7) is 0. The van der Waals surface area contributed by atoms with Crippen LogP contribution in [0.4, 0.5) is 4.39 Å². The number of aromatic amines is 2. The van der Waals surface area contributed by atoms with Gasteiger partial charge in [-0.15, -0.1) is 0 Å². The number of hydrogen-bond acceptors (Lipinski definition) is 1. The molecule has 1 aromatic carbocycles. The standard InChI is InChI=1S/C7H4ClFN2O/c8-5-3(9)1-2-4-6(5)11-7(12)10-4/h1-2H,(H2,10,11,12). The maximum absolute atomic E-state index is 12.8. The maximum atomic E-state index is 12.8. The zero-order chi connectivity index (χ0) is 8.72. The van der Waals surface area contributed by atoms with Gasteiger partial charge >= 0.3 is 5.69 Å². The Morgan fingerprint density at radius 2 is 2.08 bits per heavy atom. The van der Waals surface area contributed by atoms with E-state index in [1.165, 1.54) is 12.1 Å². The number of imidazole rings is 1. The Labute approximate surface area is 71.2 Å². The Balaban J connectivity index is 2.99. The zero-order valence-electron chi connectivity index (χ0n) is 5.82. The molecular formula is C7H4ClFN2O. The molecule has 5 heteroatoms. The molecule has 1 heterocycles. The molecule has 2 aromatic rings. The lowest BCUT2D eigenvalue weighted by Crippen LogP contribution is -1.99. The van der Waals surface area contributed by atoms with Crippen LogP contribution in [0.5, 0.6) is 0 Å². The van der Waals surface area contributed by atoms with Crippen LogP contribution >= 0.6 is 11.6 Å². The molecule has 62 valence electrons. The Morgan fingerprint density at radius 3 is 2.83 bits per heavy atom. The molecule has 0 aliphatic rings. The first-order valence-corrected chi connectivity index (χ1v) is 3.62. The van der Waals surface area contributed by atoms with Crippen LogP contribution in [0.3, 0.4) is 0 Å². The maximum Gasteiger partial charge on any atom is 0.323 e. The van der Waals surface area contributed by atoms with Crippen LogP contribution < -0.4 is 5.69 Å². The highest BCUT2D eigenvalue weighted by Crippen LogP contribution is 2.21. The quantitative estimate of drug-likeness (QED) is 0.646. The molecule has 0 spiro atoms. The molecule has 0 amide bonds. The Hall–Kier alpha value is -1.29. The number of rotatable bonds is 0. The number of fused-ring (bicyclic) bond motifs is 1. The highest BCUT2D eigenvalue weighted by Gasteiger charge is 2.06. The van der Waals surface area contributed by atoms with Gasteiger partial charge in [0, 0.05) is 0 Å². The van der Waals surface area contributed by atoms with Crippen LogP contribution in [0.15, 0.2) is 16.9 Å². The molecule has 1 aromatic heterocycles. The first-order chi connectivity index (χ1) is 5.68. The van der Waals surface area contributed by atoms with E-state index in [1.54, 1.807) is 0 Å². The van der Waals surface area contributed by atoms with E-state index in [4.69, 9.17) is 11.6 Å². The highest BCUT2D eigenvalue weighted by molar-refractivity contribution is 6.35. The van der Waals surface area contributed by atoms with Crippen LogP contribution in [-0.2, 0) is 0 Å². The number of benzene rings is 1. The van der Waals surface area contributed by atoms with Crippen molar-refractivity contribution >= 4 is 22.6 Å². The molecule has 0 saturated carbocycles. The summed E-state index contributed by atoms with van der Waals surface area (Å²) < 4.78 is 12.8. The van der Waals surface area contributed by atoms with E-state index in [1.807, 2.05) is 0 Å². The predicted octanol–water partition coefficient (Wildman–Crippen LogP) is 1.65. The fourth-order valence-corrected chi connectivity index (χ4v) is 1.26. The fraction of sp³-hybridized carbons (Fsp3) is 0. The smallest absolute Gasteiger partial charge is 0.306 e. The molecule has 0 atom stereocenters. The van der Waals surface area contributed by atoms with E-state index >= 15 is 0 Å². The summed E-state index contributed by atoms with van der Waals surface area (Å²) in [7, 11) is 0. The summed E-state index contributed by atoms with van der Waals surface area (Å²) in [4.78, 5) is 15.6. The summed E-state index contributed by atoms with van der Waals surface area (Å²) in [5, 5.41) is -0.0640. The third-order valence-corrected chi connectivity index (χ3v) is 1.95.